The minimum absolute atomic E-state index is 0.211. The minimum Gasteiger partial charge on any atom is -0.466 e. The first kappa shape index (κ1) is 10.6. The summed E-state index contributed by atoms with van der Waals surface area (Å²) in [5.74, 6) is -0.211. The molecule has 0 amide bonds. The summed E-state index contributed by atoms with van der Waals surface area (Å²) in [5, 5.41) is 0. The van der Waals surface area contributed by atoms with E-state index in [-0.39, 0.29) is 5.97 Å². The number of carbonyl (C=O) groups excluding carboxylic acids is 1. The molecular weight excluding hydrogens is 156 g/mol. The zero-order valence-electron chi connectivity index (χ0n) is 7.23. The lowest BCUT2D eigenvalue weighted by atomic mass is 10.8. The number of nitrogens with zero attached hydrogens (tertiary/aromatic N) is 2. The Bertz CT molecular complexity index is 175. The van der Waals surface area contributed by atoms with Crippen LogP contribution in [0, 0.1) is 0 Å². The molecule has 0 spiro atoms. The zero-order valence-corrected chi connectivity index (χ0v) is 7.23. The van der Waals surface area contributed by atoms with E-state index in [1.807, 2.05) is 0 Å². The molecule has 1 aromatic rings. The van der Waals surface area contributed by atoms with Crippen LogP contribution in [0.1, 0.15) is 13.8 Å². The van der Waals surface area contributed by atoms with Crippen molar-refractivity contribution in [3.05, 3.63) is 24.8 Å². The van der Waals surface area contributed by atoms with Gasteiger partial charge >= 0.3 is 5.97 Å². The maximum Gasteiger partial charge on any atom is 0.302 e. The summed E-state index contributed by atoms with van der Waals surface area (Å²) >= 11 is 0. The molecule has 4 heteroatoms. The first-order valence-electron chi connectivity index (χ1n) is 3.60. The lowest BCUT2D eigenvalue weighted by Gasteiger charge is -1.89. The number of carbonyl (C=O) groups is 1. The highest BCUT2D eigenvalue weighted by atomic mass is 16.5. The van der Waals surface area contributed by atoms with Crippen molar-refractivity contribution in [3.8, 4) is 0 Å². The van der Waals surface area contributed by atoms with Gasteiger partial charge in [-0.05, 0) is 6.92 Å². The summed E-state index contributed by atoms with van der Waals surface area (Å²) in [7, 11) is 0. The third kappa shape index (κ3) is 8.55. The number of aromatic nitrogens is 2. The fraction of sp³-hybridized carbons (Fsp3) is 0.375. The second-order valence-electron chi connectivity index (χ2n) is 1.82. The summed E-state index contributed by atoms with van der Waals surface area (Å²) < 4.78 is 4.40. The van der Waals surface area contributed by atoms with Crippen molar-refractivity contribution < 1.29 is 9.53 Å². The average Bonchev–Trinajstić information content (AvgIpc) is 2.08. The monoisotopic (exact) mass is 168 g/mol. The summed E-state index contributed by atoms with van der Waals surface area (Å²) in [6.07, 6.45) is 6.56. The molecule has 0 bridgehead atoms. The van der Waals surface area contributed by atoms with Gasteiger partial charge in [-0.15, -0.1) is 0 Å². The summed E-state index contributed by atoms with van der Waals surface area (Å²) in [6.45, 7) is 3.65. The van der Waals surface area contributed by atoms with Crippen LogP contribution in [0.5, 0.6) is 0 Å². The maximum atomic E-state index is 9.82. The van der Waals surface area contributed by atoms with Gasteiger partial charge in [0.05, 0.1) is 6.61 Å². The van der Waals surface area contributed by atoms with Crippen molar-refractivity contribution >= 4 is 5.97 Å². The molecule has 0 saturated carbocycles. The van der Waals surface area contributed by atoms with Gasteiger partial charge in [0.25, 0.3) is 0 Å². The fourth-order valence-electron chi connectivity index (χ4n) is 0.457. The van der Waals surface area contributed by atoms with Gasteiger partial charge in [-0.25, -0.2) is 0 Å². The summed E-state index contributed by atoms with van der Waals surface area (Å²) in [5.41, 5.74) is 0. The SMILES string of the molecule is CCOC(C)=O.c1cnccn1. The Kier molecular flexibility index (Phi) is 6.73. The standard InChI is InChI=1S/C4H4N2.C4H8O2/c1-2-6-4-3-5-1;1-3-6-4(2)5/h1-4H;3H2,1-2H3. The molecule has 4 nitrogen and oxygen atoms in total. The van der Waals surface area contributed by atoms with Crippen LogP contribution in [0.25, 0.3) is 0 Å². The Hall–Kier alpha value is -1.45. The molecule has 0 aliphatic carbocycles. The van der Waals surface area contributed by atoms with Crippen LogP contribution in [0.4, 0.5) is 0 Å². The first-order chi connectivity index (χ1) is 5.77. The molecule has 1 aromatic heterocycles. The fourth-order valence-corrected chi connectivity index (χ4v) is 0.457. The highest BCUT2D eigenvalue weighted by Gasteiger charge is 1.81. The molecule has 0 aliphatic heterocycles. The van der Waals surface area contributed by atoms with E-state index in [4.69, 9.17) is 0 Å². The minimum atomic E-state index is -0.211. The molecule has 12 heavy (non-hydrogen) atoms. The molecule has 0 saturated heterocycles. The number of hydrogen-bond donors (Lipinski definition) is 0. The Morgan fingerprint density at radius 3 is 1.75 bits per heavy atom. The van der Waals surface area contributed by atoms with E-state index >= 15 is 0 Å². The normalized spacial score (nSPS) is 7.83. The largest absolute Gasteiger partial charge is 0.466 e. The molecule has 0 aliphatic rings. The molecule has 1 heterocycles. The van der Waals surface area contributed by atoms with Gasteiger partial charge in [0.1, 0.15) is 0 Å². The number of esters is 1. The molecule has 1 rings (SSSR count). The molecule has 0 aromatic carbocycles. The molecule has 66 valence electrons. The van der Waals surface area contributed by atoms with Crippen LogP contribution >= 0.6 is 0 Å². The van der Waals surface area contributed by atoms with E-state index in [1.165, 1.54) is 6.92 Å². The van der Waals surface area contributed by atoms with Crippen LogP contribution < -0.4 is 0 Å². The van der Waals surface area contributed by atoms with Crippen molar-refractivity contribution in [3.63, 3.8) is 0 Å². The Labute approximate surface area is 71.6 Å². The lowest BCUT2D eigenvalue weighted by Crippen LogP contribution is -1.95. The van der Waals surface area contributed by atoms with Gasteiger partial charge in [0, 0.05) is 31.7 Å². The molecule has 0 N–H and O–H groups in total. The molecule has 0 fully saturated rings. The Morgan fingerprint density at radius 2 is 1.67 bits per heavy atom. The molecule has 0 atom stereocenters. The van der Waals surface area contributed by atoms with E-state index in [1.54, 1.807) is 31.7 Å². The number of rotatable bonds is 1. The van der Waals surface area contributed by atoms with E-state index in [2.05, 4.69) is 14.7 Å². The predicted octanol–water partition coefficient (Wildman–Crippen LogP) is 1.05. The third-order valence-electron chi connectivity index (χ3n) is 0.825. The summed E-state index contributed by atoms with van der Waals surface area (Å²) in [6, 6.07) is 0. The molecule has 0 radical (unpaired) electrons. The van der Waals surface area contributed by atoms with Crippen LogP contribution in [0.15, 0.2) is 24.8 Å². The lowest BCUT2D eigenvalue weighted by molar-refractivity contribution is -0.140. The maximum absolute atomic E-state index is 9.82. The van der Waals surface area contributed by atoms with Gasteiger partial charge in [-0.3, -0.25) is 14.8 Å². The van der Waals surface area contributed by atoms with E-state index < -0.39 is 0 Å². The smallest absolute Gasteiger partial charge is 0.302 e. The van der Waals surface area contributed by atoms with Gasteiger partial charge < -0.3 is 4.74 Å². The van der Waals surface area contributed by atoms with Crippen LogP contribution in [-0.2, 0) is 9.53 Å². The van der Waals surface area contributed by atoms with Crippen LogP contribution in [-0.4, -0.2) is 22.5 Å². The second kappa shape index (κ2) is 7.65. The van der Waals surface area contributed by atoms with Crippen molar-refractivity contribution in [2.45, 2.75) is 13.8 Å². The van der Waals surface area contributed by atoms with Crippen molar-refractivity contribution in [2.24, 2.45) is 0 Å². The average molecular weight is 168 g/mol. The number of hydrogen-bond acceptors (Lipinski definition) is 4. The molecular formula is C8H12N2O2. The first-order valence-corrected chi connectivity index (χ1v) is 3.60. The predicted molar refractivity (Wildman–Crippen MR) is 44.3 cm³/mol. The summed E-state index contributed by atoms with van der Waals surface area (Å²) in [4.78, 5) is 17.3. The van der Waals surface area contributed by atoms with E-state index in [0.717, 1.165) is 0 Å². The van der Waals surface area contributed by atoms with E-state index in [9.17, 15) is 4.79 Å². The van der Waals surface area contributed by atoms with Crippen molar-refractivity contribution in [1.82, 2.24) is 9.97 Å². The van der Waals surface area contributed by atoms with Gasteiger partial charge in [-0.2, -0.15) is 0 Å². The van der Waals surface area contributed by atoms with Crippen molar-refractivity contribution in [1.29, 1.82) is 0 Å². The highest BCUT2D eigenvalue weighted by Crippen LogP contribution is 1.69. The van der Waals surface area contributed by atoms with Gasteiger partial charge in [0.15, 0.2) is 0 Å². The number of ether oxygens (including phenoxy) is 1. The Morgan fingerprint density at radius 1 is 1.25 bits per heavy atom. The second-order valence-corrected chi connectivity index (χ2v) is 1.82. The van der Waals surface area contributed by atoms with Crippen molar-refractivity contribution in [2.75, 3.05) is 6.61 Å². The highest BCUT2D eigenvalue weighted by molar-refractivity contribution is 5.65. The zero-order chi connectivity index (χ0) is 9.23. The van der Waals surface area contributed by atoms with Crippen LogP contribution in [0.3, 0.4) is 0 Å². The molecule has 0 unspecified atom stereocenters. The van der Waals surface area contributed by atoms with Gasteiger partial charge in [0.2, 0.25) is 0 Å². The van der Waals surface area contributed by atoms with Gasteiger partial charge in [-0.1, -0.05) is 0 Å². The Balaban J connectivity index is 0.000000202. The quantitative estimate of drug-likeness (QED) is 0.588. The van der Waals surface area contributed by atoms with Crippen LogP contribution in [0.2, 0.25) is 0 Å². The van der Waals surface area contributed by atoms with E-state index in [0.29, 0.717) is 6.61 Å². The third-order valence-corrected chi connectivity index (χ3v) is 0.825. The topological polar surface area (TPSA) is 52.1 Å².